The number of allylic oxidation sites excluding steroid dienone is 2. The van der Waals surface area contributed by atoms with Gasteiger partial charge in [-0.1, -0.05) is 24.3 Å². The molecule has 0 radical (unpaired) electrons. The largest absolute Gasteiger partial charge is 0.481 e. The van der Waals surface area contributed by atoms with Gasteiger partial charge < -0.3 is 10.4 Å². The van der Waals surface area contributed by atoms with Gasteiger partial charge >= 0.3 is 5.97 Å². The maximum absolute atomic E-state index is 12.6. The molecule has 4 heteroatoms. The van der Waals surface area contributed by atoms with Crippen molar-refractivity contribution in [3.8, 4) is 0 Å². The van der Waals surface area contributed by atoms with Gasteiger partial charge in [-0.25, -0.2) is 0 Å². The summed E-state index contributed by atoms with van der Waals surface area (Å²) in [5.41, 5.74) is 2.91. The fourth-order valence-corrected chi connectivity index (χ4v) is 3.62. The lowest BCUT2D eigenvalue weighted by atomic mass is 9.82. The molecule has 21 heavy (non-hydrogen) atoms. The Balaban J connectivity index is 1.84. The number of fused-ring (bicyclic) bond motifs is 2. The smallest absolute Gasteiger partial charge is 0.307 e. The van der Waals surface area contributed by atoms with Gasteiger partial charge in [-0.05, 0) is 49.3 Å². The average Bonchev–Trinajstić information content (AvgIpc) is 3.04. The van der Waals surface area contributed by atoms with E-state index in [0.29, 0.717) is 0 Å². The predicted octanol–water partition coefficient (Wildman–Crippen LogP) is 2.76. The molecular weight excluding hydrogens is 266 g/mol. The highest BCUT2D eigenvalue weighted by Gasteiger charge is 2.51. The van der Waals surface area contributed by atoms with Crippen molar-refractivity contribution in [3.63, 3.8) is 0 Å². The Morgan fingerprint density at radius 3 is 2.48 bits per heavy atom. The molecule has 1 saturated carbocycles. The summed E-state index contributed by atoms with van der Waals surface area (Å²) in [4.78, 5) is 24.0. The number of hydrogen-bond acceptors (Lipinski definition) is 2. The maximum atomic E-state index is 12.6. The first-order valence-corrected chi connectivity index (χ1v) is 7.27. The molecule has 2 N–H and O–H groups in total. The Labute approximate surface area is 123 Å². The standard InChI is InChI=1S/C17H19NO3/c1-9-4-3-5-13(10(9)2)18-16(19)14-11-6-7-12(8-11)15(14)17(20)21/h3-7,11-12,14-15H,8H2,1-2H3,(H,18,19)(H,20,21)/t11?,12?,14-,15+/m1/s1. The van der Waals surface area contributed by atoms with Crippen LogP contribution in [0.15, 0.2) is 30.4 Å². The molecule has 0 aliphatic heterocycles. The van der Waals surface area contributed by atoms with Crippen molar-refractivity contribution < 1.29 is 14.7 Å². The van der Waals surface area contributed by atoms with Gasteiger partial charge in [0.05, 0.1) is 11.8 Å². The number of amides is 1. The molecule has 1 fully saturated rings. The monoisotopic (exact) mass is 285 g/mol. The van der Waals surface area contributed by atoms with Gasteiger partial charge in [0.1, 0.15) is 0 Å². The number of hydrogen-bond donors (Lipinski definition) is 2. The molecule has 1 amide bonds. The van der Waals surface area contributed by atoms with Crippen LogP contribution < -0.4 is 5.32 Å². The van der Waals surface area contributed by atoms with Gasteiger partial charge in [0, 0.05) is 5.69 Å². The van der Waals surface area contributed by atoms with Gasteiger partial charge in [0.2, 0.25) is 5.91 Å². The molecule has 3 rings (SSSR count). The van der Waals surface area contributed by atoms with E-state index in [1.54, 1.807) is 0 Å². The van der Waals surface area contributed by atoms with Crippen LogP contribution in [-0.4, -0.2) is 17.0 Å². The minimum Gasteiger partial charge on any atom is -0.481 e. The highest BCUT2D eigenvalue weighted by atomic mass is 16.4. The molecule has 0 heterocycles. The van der Waals surface area contributed by atoms with Crippen LogP contribution in [0.4, 0.5) is 5.69 Å². The topological polar surface area (TPSA) is 66.4 Å². The van der Waals surface area contributed by atoms with Crippen molar-refractivity contribution in [1.29, 1.82) is 0 Å². The first-order chi connectivity index (χ1) is 9.99. The minimum atomic E-state index is -0.868. The fourth-order valence-electron chi connectivity index (χ4n) is 3.62. The lowest BCUT2D eigenvalue weighted by molar-refractivity contribution is -0.146. The minimum absolute atomic E-state index is 0.00172. The zero-order chi connectivity index (χ0) is 15.1. The van der Waals surface area contributed by atoms with Crippen LogP contribution in [0.2, 0.25) is 0 Å². The molecule has 1 aromatic rings. The van der Waals surface area contributed by atoms with E-state index in [4.69, 9.17) is 0 Å². The Morgan fingerprint density at radius 2 is 1.81 bits per heavy atom. The van der Waals surface area contributed by atoms with Gasteiger partial charge in [0.25, 0.3) is 0 Å². The third-order valence-corrected chi connectivity index (χ3v) is 4.91. The zero-order valence-corrected chi connectivity index (χ0v) is 12.2. The number of carboxylic acids is 1. The van der Waals surface area contributed by atoms with E-state index in [1.807, 2.05) is 44.2 Å². The van der Waals surface area contributed by atoms with E-state index in [1.165, 1.54) is 0 Å². The number of rotatable bonds is 3. The molecule has 0 saturated heterocycles. The van der Waals surface area contributed by atoms with E-state index in [-0.39, 0.29) is 17.7 Å². The molecule has 4 atom stereocenters. The van der Waals surface area contributed by atoms with E-state index >= 15 is 0 Å². The van der Waals surface area contributed by atoms with E-state index < -0.39 is 17.8 Å². The second-order valence-corrected chi connectivity index (χ2v) is 6.07. The number of anilines is 1. The third kappa shape index (κ3) is 2.24. The lowest BCUT2D eigenvalue weighted by Crippen LogP contribution is -2.36. The average molecular weight is 285 g/mol. The Bertz CT molecular complexity index is 635. The van der Waals surface area contributed by atoms with Crippen molar-refractivity contribution in [3.05, 3.63) is 41.5 Å². The summed E-state index contributed by atoms with van der Waals surface area (Å²) < 4.78 is 0. The molecule has 0 spiro atoms. The Hall–Kier alpha value is -2.10. The zero-order valence-electron chi connectivity index (χ0n) is 12.2. The number of aliphatic carboxylic acids is 1. The number of carboxylic acid groups (broad SMARTS) is 1. The molecule has 2 aliphatic rings. The van der Waals surface area contributed by atoms with E-state index in [2.05, 4.69) is 5.32 Å². The molecule has 0 aromatic heterocycles. The van der Waals surface area contributed by atoms with Crippen molar-refractivity contribution in [2.45, 2.75) is 20.3 Å². The summed E-state index contributed by atoms with van der Waals surface area (Å²) in [6.07, 6.45) is 4.73. The second kappa shape index (κ2) is 5.02. The summed E-state index contributed by atoms with van der Waals surface area (Å²) in [6.45, 7) is 3.95. The summed E-state index contributed by atoms with van der Waals surface area (Å²) in [7, 11) is 0. The van der Waals surface area contributed by atoms with Crippen LogP contribution in [0.3, 0.4) is 0 Å². The third-order valence-electron chi connectivity index (χ3n) is 4.91. The Morgan fingerprint density at radius 1 is 1.14 bits per heavy atom. The van der Waals surface area contributed by atoms with Gasteiger partial charge in [-0.2, -0.15) is 0 Å². The number of nitrogens with one attached hydrogen (secondary N) is 1. The van der Waals surface area contributed by atoms with E-state index in [9.17, 15) is 14.7 Å². The molecule has 2 bridgehead atoms. The van der Waals surface area contributed by atoms with Crippen molar-refractivity contribution in [2.75, 3.05) is 5.32 Å². The molecule has 2 unspecified atom stereocenters. The van der Waals surface area contributed by atoms with Crippen LogP contribution in [0, 0.1) is 37.5 Å². The first-order valence-electron chi connectivity index (χ1n) is 7.27. The summed E-state index contributed by atoms with van der Waals surface area (Å²) >= 11 is 0. The number of benzene rings is 1. The Kier molecular flexibility index (Phi) is 3.32. The first kappa shape index (κ1) is 13.9. The normalized spacial score (nSPS) is 29.6. The van der Waals surface area contributed by atoms with Crippen LogP contribution >= 0.6 is 0 Å². The lowest BCUT2D eigenvalue weighted by Gasteiger charge is -2.24. The molecule has 110 valence electrons. The highest BCUT2D eigenvalue weighted by Crippen LogP contribution is 2.48. The second-order valence-electron chi connectivity index (χ2n) is 6.07. The molecule has 4 nitrogen and oxygen atoms in total. The van der Waals surface area contributed by atoms with Crippen molar-refractivity contribution >= 4 is 17.6 Å². The van der Waals surface area contributed by atoms with Crippen molar-refractivity contribution in [1.82, 2.24) is 0 Å². The molecule has 1 aromatic carbocycles. The van der Waals surface area contributed by atoms with E-state index in [0.717, 1.165) is 23.2 Å². The maximum Gasteiger partial charge on any atom is 0.307 e. The number of carbonyl (C=O) groups excluding carboxylic acids is 1. The van der Waals surface area contributed by atoms with Gasteiger partial charge in [0.15, 0.2) is 0 Å². The van der Waals surface area contributed by atoms with Crippen LogP contribution in [-0.2, 0) is 9.59 Å². The summed E-state index contributed by atoms with van der Waals surface area (Å²) in [5.74, 6) is -2.04. The highest BCUT2D eigenvalue weighted by molar-refractivity contribution is 5.97. The summed E-state index contributed by atoms with van der Waals surface area (Å²) in [5, 5.41) is 12.3. The molecular formula is C17H19NO3. The quantitative estimate of drug-likeness (QED) is 0.839. The van der Waals surface area contributed by atoms with Gasteiger partial charge in [-0.3, -0.25) is 9.59 Å². The number of carbonyl (C=O) groups is 2. The SMILES string of the molecule is Cc1cccc(NC(=O)[C@@H]2C3C=CC(C3)[C@@H]2C(=O)O)c1C. The van der Waals surface area contributed by atoms with Crippen LogP contribution in [0.25, 0.3) is 0 Å². The predicted molar refractivity (Wildman–Crippen MR) is 79.9 cm³/mol. The van der Waals surface area contributed by atoms with Crippen molar-refractivity contribution in [2.24, 2.45) is 23.7 Å². The molecule has 2 aliphatic carbocycles. The number of aryl methyl sites for hydroxylation is 1. The van der Waals surface area contributed by atoms with Crippen LogP contribution in [0.5, 0.6) is 0 Å². The fraction of sp³-hybridized carbons (Fsp3) is 0.412. The summed E-state index contributed by atoms with van der Waals surface area (Å²) in [6, 6.07) is 5.75. The van der Waals surface area contributed by atoms with Gasteiger partial charge in [-0.15, -0.1) is 0 Å². The van der Waals surface area contributed by atoms with Crippen LogP contribution in [0.1, 0.15) is 17.5 Å².